The molecular formula is C12H17BrN2O2. The minimum atomic E-state index is -0.897. The van der Waals surface area contributed by atoms with E-state index >= 15 is 0 Å². The largest absolute Gasteiger partial charge is 0.389 e. The van der Waals surface area contributed by atoms with Gasteiger partial charge in [-0.15, -0.1) is 0 Å². The number of nitrogens with zero attached hydrogens (tertiary/aromatic N) is 1. The third kappa shape index (κ3) is 5.19. The normalized spacial score (nSPS) is 11.1. The Balaban J connectivity index is 2.57. The van der Waals surface area contributed by atoms with Crippen molar-refractivity contribution in [1.82, 2.24) is 4.90 Å². The van der Waals surface area contributed by atoms with Gasteiger partial charge in [-0.2, -0.15) is 0 Å². The van der Waals surface area contributed by atoms with Gasteiger partial charge in [0.15, 0.2) is 0 Å². The van der Waals surface area contributed by atoms with Gasteiger partial charge in [0.1, 0.15) is 0 Å². The first-order chi connectivity index (χ1) is 7.78. The van der Waals surface area contributed by atoms with Crippen LogP contribution in [0.1, 0.15) is 13.8 Å². The predicted molar refractivity (Wildman–Crippen MR) is 72.1 cm³/mol. The molecule has 0 aliphatic heterocycles. The van der Waals surface area contributed by atoms with Crippen LogP contribution in [0.25, 0.3) is 0 Å². The van der Waals surface area contributed by atoms with Crippen LogP contribution >= 0.6 is 15.9 Å². The Labute approximate surface area is 110 Å². The van der Waals surface area contributed by atoms with E-state index in [0.29, 0.717) is 0 Å². The Bertz CT molecular complexity index is 384. The fraction of sp³-hybridized carbons (Fsp3) is 0.417. The van der Waals surface area contributed by atoms with Gasteiger partial charge < -0.3 is 15.3 Å². The molecule has 0 radical (unpaired) electrons. The Morgan fingerprint density at radius 1 is 1.41 bits per heavy atom. The molecule has 4 nitrogen and oxygen atoms in total. The van der Waals surface area contributed by atoms with Crippen LogP contribution in [0.3, 0.4) is 0 Å². The molecule has 0 atom stereocenters. The summed E-state index contributed by atoms with van der Waals surface area (Å²) >= 11 is 3.32. The second-order valence-corrected chi connectivity index (χ2v) is 5.52. The van der Waals surface area contributed by atoms with E-state index in [9.17, 15) is 9.90 Å². The number of hydrogen-bond acceptors (Lipinski definition) is 2. The van der Waals surface area contributed by atoms with Gasteiger partial charge >= 0.3 is 6.03 Å². The molecule has 0 aliphatic rings. The van der Waals surface area contributed by atoms with Gasteiger partial charge in [-0.1, -0.05) is 15.9 Å². The van der Waals surface area contributed by atoms with E-state index in [1.54, 1.807) is 33.0 Å². The van der Waals surface area contributed by atoms with Crippen LogP contribution in [0.2, 0.25) is 0 Å². The first-order valence-corrected chi connectivity index (χ1v) is 6.07. The van der Waals surface area contributed by atoms with Crippen molar-refractivity contribution < 1.29 is 9.90 Å². The standard InChI is InChI=1S/C12H17BrN2O2/c1-12(2,17)8-15(3)11(16)14-10-6-4-9(13)5-7-10/h4-7,17H,8H2,1-3H3,(H,14,16). The van der Waals surface area contributed by atoms with Crippen LogP contribution in [0.4, 0.5) is 10.5 Å². The van der Waals surface area contributed by atoms with Gasteiger partial charge in [0.05, 0.1) is 12.1 Å². The van der Waals surface area contributed by atoms with Crippen LogP contribution in [-0.2, 0) is 0 Å². The summed E-state index contributed by atoms with van der Waals surface area (Å²) in [6, 6.07) is 7.08. The van der Waals surface area contributed by atoms with Gasteiger partial charge in [-0.25, -0.2) is 4.79 Å². The molecule has 0 spiro atoms. The Kier molecular flexibility index (Phi) is 4.54. The van der Waals surface area contributed by atoms with Gasteiger partial charge in [0, 0.05) is 17.2 Å². The number of carbonyl (C=O) groups is 1. The van der Waals surface area contributed by atoms with Crippen molar-refractivity contribution in [3.05, 3.63) is 28.7 Å². The molecule has 0 saturated heterocycles. The van der Waals surface area contributed by atoms with E-state index in [4.69, 9.17) is 0 Å². The first-order valence-electron chi connectivity index (χ1n) is 5.28. The first kappa shape index (κ1) is 14.0. The van der Waals surface area contributed by atoms with E-state index in [1.807, 2.05) is 12.1 Å². The van der Waals surface area contributed by atoms with Crippen molar-refractivity contribution in [2.45, 2.75) is 19.4 Å². The maximum absolute atomic E-state index is 11.8. The van der Waals surface area contributed by atoms with Crippen molar-refractivity contribution in [2.24, 2.45) is 0 Å². The Morgan fingerprint density at radius 2 is 1.94 bits per heavy atom. The molecule has 94 valence electrons. The van der Waals surface area contributed by atoms with Crippen LogP contribution < -0.4 is 5.32 Å². The van der Waals surface area contributed by atoms with E-state index in [1.165, 1.54) is 4.90 Å². The van der Waals surface area contributed by atoms with Crippen molar-refractivity contribution in [3.63, 3.8) is 0 Å². The summed E-state index contributed by atoms with van der Waals surface area (Å²) in [6.45, 7) is 3.60. The average Bonchev–Trinajstić information content (AvgIpc) is 2.19. The van der Waals surface area contributed by atoms with Gasteiger partial charge in [-0.05, 0) is 38.1 Å². The summed E-state index contributed by atoms with van der Waals surface area (Å²) in [5, 5.41) is 12.4. The topological polar surface area (TPSA) is 52.6 Å². The molecule has 0 aliphatic carbocycles. The number of nitrogens with one attached hydrogen (secondary N) is 1. The number of hydrogen-bond donors (Lipinski definition) is 2. The van der Waals surface area contributed by atoms with Gasteiger partial charge in [0.25, 0.3) is 0 Å². The van der Waals surface area contributed by atoms with Crippen molar-refractivity contribution in [3.8, 4) is 0 Å². The maximum atomic E-state index is 11.8. The molecule has 0 heterocycles. The lowest BCUT2D eigenvalue weighted by Gasteiger charge is -2.25. The number of likely N-dealkylation sites (N-methyl/N-ethyl adjacent to an activating group) is 1. The number of rotatable bonds is 3. The molecular weight excluding hydrogens is 284 g/mol. The number of anilines is 1. The molecule has 2 N–H and O–H groups in total. The van der Waals surface area contributed by atoms with E-state index in [2.05, 4.69) is 21.2 Å². The third-order valence-corrected chi connectivity index (χ3v) is 2.59. The number of urea groups is 1. The summed E-state index contributed by atoms with van der Waals surface area (Å²) in [7, 11) is 1.64. The van der Waals surface area contributed by atoms with E-state index < -0.39 is 5.60 Å². The fourth-order valence-corrected chi connectivity index (χ4v) is 1.67. The number of benzene rings is 1. The lowest BCUT2D eigenvalue weighted by molar-refractivity contribution is 0.0550. The number of carbonyl (C=O) groups excluding carboxylic acids is 1. The lowest BCUT2D eigenvalue weighted by Crippen LogP contribution is -2.41. The molecule has 1 rings (SSSR count). The smallest absolute Gasteiger partial charge is 0.321 e. The number of halogens is 1. The zero-order valence-corrected chi connectivity index (χ0v) is 11.8. The van der Waals surface area contributed by atoms with Crippen LogP contribution in [0.15, 0.2) is 28.7 Å². The molecule has 5 heteroatoms. The summed E-state index contributed by atoms with van der Waals surface area (Å²) in [6.07, 6.45) is 0. The average molecular weight is 301 g/mol. The Morgan fingerprint density at radius 3 is 2.41 bits per heavy atom. The fourth-order valence-electron chi connectivity index (χ4n) is 1.40. The third-order valence-electron chi connectivity index (χ3n) is 2.07. The van der Waals surface area contributed by atoms with E-state index in [0.717, 1.165) is 10.2 Å². The van der Waals surface area contributed by atoms with Crippen LogP contribution in [0.5, 0.6) is 0 Å². The zero-order chi connectivity index (χ0) is 13.1. The Hall–Kier alpha value is -1.07. The van der Waals surface area contributed by atoms with Crippen molar-refractivity contribution in [2.75, 3.05) is 18.9 Å². The molecule has 0 saturated carbocycles. The summed E-state index contributed by atoms with van der Waals surface area (Å²) in [4.78, 5) is 13.2. The number of aliphatic hydroxyl groups is 1. The molecule has 0 unspecified atom stereocenters. The molecule has 1 aromatic carbocycles. The molecule has 0 bridgehead atoms. The van der Waals surface area contributed by atoms with E-state index in [-0.39, 0.29) is 12.6 Å². The van der Waals surface area contributed by atoms with Gasteiger partial charge in [0.2, 0.25) is 0 Å². The predicted octanol–water partition coefficient (Wildman–Crippen LogP) is 2.68. The number of amides is 2. The monoisotopic (exact) mass is 300 g/mol. The zero-order valence-electron chi connectivity index (χ0n) is 10.2. The quantitative estimate of drug-likeness (QED) is 0.902. The second kappa shape index (κ2) is 5.51. The highest BCUT2D eigenvalue weighted by Gasteiger charge is 2.19. The summed E-state index contributed by atoms with van der Waals surface area (Å²) in [5.74, 6) is 0. The SMILES string of the molecule is CN(CC(C)(C)O)C(=O)Nc1ccc(Br)cc1. The van der Waals surface area contributed by atoms with Gasteiger partial charge in [-0.3, -0.25) is 0 Å². The highest BCUT2D eigenvalue weighted by atomic mass is 79.9. The maximum Gasteiger partial charge on any atom is 0.321 e. The van der Waals surface area contributed by atoms with Crippen molar-refractivity contribution in [1.29, 1.82) is 0 Å². The highest BCUT2D eigenvalue weighted by molar-refractivity contribution is 9.10. The summed E-state index contributed by atoms with van der Waals surface area (Å²) in [5.41, 5.74) is -0.174. The molecule has 17 heavy (non-hydrogen) atoms. The lowest BCUT2D eigenvalue weighted by atomic mass is 10.1. The summed E-state index contributed by atoms with van der Waals surface area (Å²) < 4.78 is 0.959. The minimum Gasteiger partial charge on any atom is -0.389 e. The second-order valence-electron chi connectivity index (χ2n) is 4.61. The molecule has 2 amide bonds. The molecule has 0 fully saturated rings. The van der Waals surface area contributed by atoms with Crippen LogP contribution in [0, 0.1) is 0 Å². The van der Waals surface area contributed by atoms with Crippen molar-refractivity contribution >= 4 is 27.6 Å². The minimum absolute atomic E-state index is 0.241. The highest BCUT2D eigenvalue weighted by Crippen LogP contribution is 2.14. The van der Waals surface area contributed by atoms with Crippen LogP contribution in [-0.4, -0.2) is 35.2 Å². The molecule has 0 aromatic heterocycles. The molecule has 1 aromatic rings.